The topological polar surface area (TPSA) is 76.0 Å². The minimum absolute atomic E-state index is 0.216. The highest BCUT2D eigenvalue weighted by molar-refractivity contribution is 5.97. The Morgan fingerprint density at radius 3 is 2.67 bits per heavy atom. The van der Waals surface area contributed by atoms with Crippen LogP contribution >= 0.6 is 0 Å². The maximum Gasteiger partial charge on any atom is 0.287 e. The summed E-state index contributed by atoms with van der Waals surface area (Å²) in [6.45, 7) is 3.63. The summed E-state index contributed by atoms with van der Waals surface area (Å²) in [6.07, 6.45) is 4.59. The van der Waals surface area contributed by atoms with Crippen LogP contribution in [0.3, 0.4) is 0 Å². The molecule has 2 heterocycles. The molecule has 0 radical (unpaired) electrons. The molecule has 0 aliphatic carbocycles. The van der Waals surface area contributed by atoms with Gasteiger partial charge in [-0.3, -0.25) is 9.59 Å². The van der Waals surface area contributed by atoms with E-state index in [4.69, 9.17) is 0 Å². The van der Waals surface area contributed by atoms with Crippen molar-refractivity contribution >= 4 is 11.8 Å². The van der Waals surface area contributed by atoms with Gasteiger partial charge in [-0.25, -0.2) is 9.37 Å². The van der Waals surface area contributed by atoms with Crippen molar-refractivity contribution in [2.24, 2.45) is 0 Å². The molecule has 0 fully saturated rings. The van der Waals surface area contributed by atoms with Crippen molar-refractivity contribution in [3.8, 4) is 0 Å². The molecule has 7 heteroatoms. The molecule has 3 rings (SSSR count). The zero-order chi connectivity index (χ0) is 19.2. The zero-order valence-corrected chi connectivity index (χ0v) is 15.6. The first kappa shape index (κ1) is 19.1. The number of benzene rings is 1. The number of unbranched alkanes of at least 4 members (excludes halogenated alkanes) is 1. The summed E-state index contributed by atoms with van der Waals surface area (Å²) in [5.74, 6) is -0.583. The predicted molar refractivity (Wildman–Crippen MR) is 100.0 cm³/mol. The molecular formula is C20H25FN4O2. The maximum absolute atomic E-state index is 13.0. The number of aromatic nitrogens is 2. The molecule has 0 atom stereocenters. The first-order valence-electron chi connectivity index (χ1n) is 9.50. The molecule has 1 aliphatic rings. The lowest BCUT2D eigenvalue weighted by molar-refractivity contribution is 0.0935. The molecule has 2 aromatic rings. The van der Waals surface area contributed by atoms with Gasteiger partial charge in [0, 0.05) is 19.6 Å². The number of imidazole rings is 1. The smallest absolute Gasteiger partial charge is 0.287 e. The highest BCUT2D eigenvalue weighted by atomic mass is 19.1. The number of rotatable bonds is 7. The summed E-state index contributed by atoms with van der Waals surface area (Å²) in [5, 5.41) is 5.70. The van der Waals surface area contributed by atoms with Crippen LogP contribution in [0.25, 0.3) is 0 Å². The second kappa shape index (κ2) is 8.79. The normalized spacial score (nSPS) is 13.1. The molecule has 6 nitrogen and oxygen atoms in total. The summed E-state index contributed by atoms with van der Waals surface area (Å²) in [4.78, 5) is 29.5. The first-order chi connectivity index (χ1) is 13.1. The number of hydrogen-bond donors (Lipinski definition) is 2. The van der Waals surface area contributed by atoms with Crippen LogP contribution in [0.2, 0.25) is 0 Å². The van der Waals surface area contributed by atoms with E-state index in [1.807, 2.05) is 4.57 Å². The van der Waals surface area contributed by atoms with Crippen molar-refractivity contribution in [3.05, 3.63) is 52.9 Å². The number of carbonyl (C=O) groups is 2. The SMILES string of the molecule is CCCCNC(=O)c1nc(C(=O)NCc2ccc(F)cc2)n2c1CCCC2. The average Bonchev–Trinajstić information content (AvgIpc) is 3.07. The molecular weight excluding hydrogens is 347 g/mol. The van der Waals surface area contributed by atoms with E-state index in [1.165, 1.54) is 12.1 Å². The molecule has 1 aromatic heterocycles. The van der Waals surface area contributed by atoms with Crippen LogP contribution in [0.1, 0.15) is 65.0 Å². The van der Waals surface area contributed by atoms with E-state index in [0.29, 0.717) is 18.8 Å². The molecule has 2 amide bonds. The second-order valence-corrected chi connectivity index (χ2v) is 6.76. The van der Waals surface area contributed by atoms with Gasteiger partial charge in [0.2, 0.25) is 0 Å². The molecule has 1 aliphatic heterocycles. The highest BCUT2D eigenvalue weighted by Crippen LogP contribution is 2.21. The average molecular weight is 372 g/mol. The number of nitrogens with one attached hydrogen (secondary N) is 2. The molecule has 0 saturated carbocycles. The summed E-state index contributed by atoms with van der Waals surface area (Å²) in [7, 11) is 0. The number of amides is 2. The number of halogens is 1. The standard InChI is InChI=1S/C20H25FN4O2/c1-2-3-11-22-19(26)17-16-6-4-5-12-25(16)18(24-17)20(27)23-13-14-7-9-15(21)10-8-14/h7-10H,2-6,11-13H2,1H3,(H,22,26)(H,23,27). The van der Waals surface area contributed by atoms with Crippen LogP contribution in [-0.2, 0) is 19.5 Å². The third kappa shape index (κ3) is 4.53. The van der Waals surface area contributed by atoms with Gasteiger partial charge in [0.1, 0.15) is 11.5 Å². The Kier molecular flexibility index (Phi) is 6.21. The van der Waals surface area contributed by atoms with Gasteiger partial charge >= 0.3 is 0 Å². The van der Waals surface area contributed by atoms with E-state index in [-0.39, 0.29) is 30.0 Å². The number of hydrogen-bond acceptors (Lipinski definition) is 3. The van der Waals surface area contributed by atoms with Gasteiger partial charge in [-0.05, 0) is 43.4 Å². The Bertz CT molecular complexity index is 814. The van der Waals surface area contributed by atoms with Crippen LogP contribution in [-0.4, -0.2) is 27.9 Å². The van der Waals surface area contributed by atoms with Gasteiger partial charge in [-0.2, -0.15) is 0 Å². The van der Waals surface area contributed by atoms with Crippen LogP contribution < -0.4 is 10.6 Å². The molecule has 0 spiro atoms. The third-order valence-electron chi connectivity index (χ3n) is 4.72. The van der Waals surface area contributed by atoms with Crippen LogP contribution in [0, 0.1) is 5.82 Å². The maximum atomic E-state index is 13.0. The quantitative estimate of drug-likeness (QED) is 0.734. The first-order valence-corrected chi connectivity index (χ1v) is 9.50. The summed E-state index contributed by atoms with van der Waals surface area (Å²) in [5.41, 5.74) is 1.99. The summed E-state index contributed by atoms with van der Waals surface area (Å²) in [6, 6.07) is 5.97. The van der Waals surface area contributed by atoms with Crippen LogP contribution in [0.4, 0.5) is 4.39 Å². The molecule has 27 heavy (non-hydrogen) atoms. The molecule has 0 unspecified atom stereocenters. The lowest BCUT2D eigenvalue weighted by Gasteiger charge is -2.17. The van der Waals surface area contributed by atoms with Gasteiger partial charge in [0.15, 0.2) is 5.82 Å². The fraction of sp³-hybridized carbons (Fsp3) is 0.450. The van der Waals surface area contributed by atoms with Crippen molar-refractivity contribution in [1.82, 2.24) is 20.2 Å². The Morgan fingerprint density at radius 2 is 1.93 bits per heavy atom. The van der Waals surface area contributed by atoms with E-state index in [1.54, 1.807) is 12.1 Å². The largest absolute Gasteiger partial charge is 0.351 e. The number of carbonyl (C=O) groups excluding carboxylic acids is 2. The highest BCUT2D eigenvalue weighted by Gasteiger charge is 2.27. The van der Waals surface area contributed by atoms with E-state index in [0.717, 1.165) is 43.4 Å². The minimum atomic E-state index is -0.324. The van der Waals surface area contributed by atoms with Crippen molar-refractivity contribution in [2.45, 2.75) is 52.1 Å². The second-order valence-electron chi connectivity index (χ2n) is 6.76. The molecule has 1 aromatic carbocycles. The summed E-state index contributed by atoms with van der Waals surface area (Å²) >= 11 is 0. The van der Waals surface area contributed by atoms with Gasteiger partial charge in [-0.15, -0.1) is 0 Å². The lowest BCUT2D eigenvalue weighted by Crippen LogP contribution is -2.27. The van der Waals surface area contributed by atoms with Crippen molar-refractivity contribution in [2.75, 3.05) is 6.54 Å². The fourth-order valence-corrected chi connectivity index (χ4v) is 3.22. The van der Waals surface area contributed by atoms with Crippen molar-refractivity contribution < 1.29 is 14.0 Å². The molecule has 0 saturated heterocycles. The van der Waals surface area contributed by atoms with E-state index < -0.39 is 0 Å². The van der Waals surface area contributed by atoms with E-state index >= 15 is 0 Å². The molecule has 2 N–H and O–H groups in total. The van der Waals surface area contributed by atoms with Crippen molar-refractivity contribution in [3.63, 3.8) is 0 Å². The van der Waals surface area contributed by atoms with Gasteiger partial charge in [0.05, 0.1) is 5.69 Å². The van der Waals surface area contributed by atoms with Gasteiger partial charge in [-0.1, -0.05) is 25.5 Å². The van der Waals surface area contributed by atoms with Crippen LogP contribution in [0.5, 0.6) is 0 Å². The Balaban J connectivity index is 1.74. The fourth-order valence-electron chi connectivity index (χ4n) is 3.22. The Labute approximate surface area is 158 Å². The summed E-state index contributed by atoms with van der Waals surface area (Å²) < 4.78 is 14.8. The van der Waals surface area contributed by atoms with Gasteiger partial charge in [0.25, 0.3) is 11.8 Å². The minimum Gasteiger partial charge on any atom is -0.351 e. The van der Waals surface area contributed by atoms with Crippen molar-refractivity contribution in [1.29, 1.82) is 0 Å². The van der Waals surface area contributed by atoms with E-state index in [2.05, 4.69) is 22.5 Å². The molecule has 144 valence electrons. The predicted octanol–water partition coefficient (Wildman–Crippen LogP) is 2.82. The van der Waals surface area contributed by atoms with Crippen LogP contribution in [0.15, 0.2) is 24.3 Å². The Hall–Kier alpha value is -2.70. The Morgan fingerprint density at radius 1 is 1.15 bits per heavy atom. The number of nitrogens with zero attached hydrogens (tertiary/aromatic N) is 2. The monoisotopic (exact) mass is 372 g/mol. The number of fused-ring (bicyclic) bond motifs is 1. The van der Waals surface area contributed by atoms with Gasteiger partial charge < -0.3 is 15.2 Å². The third-order valence-corrected chi connectivity index (χ3v) is 4.72. The zero-order valence-electron chi connectivity index (χ0n) is 15.6. The lowest BCUT2D eigenvalue weighted by atomic mass is 10.1. The molecule has 0 bridgehead atoms. The van der Waals surface area contributed by atoms with E-state index in [9.17, 15) is 14.0 Å².